The molecule has 0 spiro atoms. The van der Waals surface area contributed by atoms with Gasteiger partial charge < -0.3 is 10.1 Å². The van der Waals surface area contributed by atoms with Crippen LogP contribution in [0.25, 0.3) is 6.08 Å². The van der Waals surface area contributed by atoms with Gasteiger partial charge >= 0.3 is 5.97 Å². The summed E-state index contributed by atoms with van der Waals surface area (Å²) in [5.74, 6) is -0.815. The lowest BCUT2D eigenvalue weighted by atomic mass is 10.1. The van der Waals surface area contributed by atoms with Gasteiger partial charge in [-0.1, -0.05) is 36.9 Å². The van der Waals surface area contributed by atoms with Crippen LogP contribution in [0.1, 0.15) is 30.4 Å². The number of esters is 1. The van der Waals surface area contributed by atoms with Crippen LogP contribution in [0.3, 0.4) is 0 Å². The molecule has 1 aromatic carbocycles. The molecule has 1 amide bonds. The lowest BCUT2D eigenvalue weighted by Crippen LogP contribution is -2.29. The molecule has 1 atom stereocenters. The third-order valence-corrected chi connectivity index (χ3v) is 3.31. The third-order valence-electron chi connectivity index (χ3n) is 3.31. The zero-order valence-corrected chi connectivity index (χ0v) is 11.6. The summed E-state index contributed by atoms with van der Waals surface area (Å²) < 4.78 is 5.13. The number of carbonyl (C=O) groups is 3. The predicted molar refractivity (Wildman–Crippen MR) is 77.1 cm³/mol. The SMILES string of the molecule is C=Cc1ccc(COC(=O)CC[C@@H]2NC(=O)CC2=O)cc1. The van der Waals surface area contributed by atoms with E-state index < -0.39 is 6.04 Å². The summed E-state index contributed by atoms with van der Waals surface area (Å²) in [5, 5.41) is 2.54. The normalized spacial score (nSPS) is 17.4. The molecule has 1 N–H and O–H groups in total. The molecule has 1 fully saturated rings. The molecule has 1 aliphatic rings. The topological polar surface area (TPSA) is 72.5 Å². The molecule has 1 aliphatic heterocycles. The summed E-state index contributed by atoms with van der Waals surface area (Å²) in [6, 6.07) is 6.97. The van der Waals surface area contributed by atoms with Crippen molar-refractivity contribution in [3.63, 3.8) is 0 Å². The van der Waals surface area contributed by atoms with Gasteiger partial charge in [-0.25, -0.2) is 0 Å². The number of ketones is 1. The van der Waals surface area contributed by atoms with E-state index in [9.17, 15) is 14.4 Å². The van der Waals surface area contributed by atoms with Crippen LogP contribution in [0.4, 0.5) is 0 Å². The van der Waals surface area contributed by atoms with Crippen LogP contribution in [0.5, 0.6) is 0 Å². The molecule has 5 nitrogen and oxygen atoms in total. The molecule has 0 radical (unpaired) electrons. The van der Waals surface area contributed by atoms with E-state index in [0.29, 0.717) is 6.42 Å². The number of rotatable bonds is 6. The Morgan fingerprint density at radius 2 is 2.05 bits per heavy atom. The lowest BCUT2D eigenvalue weighted by molar-refractivity contribution is -0.145. The number of hydrogen-bond donors (Lipinski definition) is 1. The highest BCUT2D eigenvalue weighted by Gasteiger charge is 2.30. The Morgan fingerprint density at radius 1 is 1.33 bits per heavy atom. The molecular weight excluding hydrogens is 270 g/mol. The molecular formula is C16H17NO4. The van der Waals surface area contributed by atoms with Crippen molar-refractivity contribution in [3.05, 3.63) is 42.0 Å². The summed E-state index contributed by atoms with van der Waals surface area (Å²) in [6.45, 7) is 3.86. The maximum Gasteiger partial charge on any atom is 0.306 e. The van der Waals surface area contributed by atoms with Crippen molar-refractivity contribution < 1.29 is 19.1 Å². The number of carbonyl (C=O) groups excluding carboxylic acids is 3. The van der Waals surface area contributed by atoms with Gasteiger partial charge in [-0.3, -0.25) is 14.4 Å². The molecule has 0 aromatic heterocycles. The molecule has 0 bridgehead atoms. The molecule has 0 aliphatic carbocycles. The third kappa shape index (κ3) is 4.27. The minimum Gasteiger partial charge on any atom is -0.461 e. The first-order valence-electron chi connectivity index (χ1n) is 6.77. The van der Waals surface area contributed by atoms with Gasteiger partial charge in [0.1, 0.15) is 6.61 Å². The lowest BCUT2D eigenvalue weighted by Gasteiger charge is -2.08. The van der Waals surface area contributed by atoms with Crippen molar-refractivity contribution in [2.75, 3.05) is 0 Å². The van der Waals surface area contributed by atoms with Gasteiger partial charge in [0.2, 0.25) is 5.91 Å². The molecule has 110 valence electrons. The average molecular weight is 287 g/mol. The van der Waals surface area contributed by atoms with Gasteiger partial charge in [0.05, 0.1) is 12.5 Å². The summed E-state index contributed by atoms with van der Waals surface area (Å²) >= 11 is 0. The average Bonchev–Trinajstić information content (AvgIpc) is 2.81. The standard InChI is InChI=1S/C16H17NO4/c1-2-11-3-5-12(6-4-11)10-21-16(20)8-7-13-14(18)9-15(19)17-13/h2-6,13H,1,7-10H2,(H,17,19)/t13-/m0/s1. The summed E-state index contributed by atoms with van der Waals surface area (Å²) in [4.78, 5) is 34.0. The van der Waals surface area contributed by atoms with Crippen molar-refractivity contribution in [1.82, 2.24) is 5.32 Å². The Labute approximate surface area is 123 Å². The molecule has 5 heteroatoms. The summed E-state index contributed by atoms with van der Waals surface area (Å²) in [7, 11) is 0. The minimum atomic E-state index is -0.545. The van der Waals surface area contributed by atoms with Crippen molar-refractivity contribution in [1.29, 1.82) is 0 Å². The van der Waals surface area contributed by atoms with Crippen molar-refractivity contribution in [2.24, 2.45) is 0 Å². The summed E-state index contributed by atoms with van der Waals surface area (Å²) in [6.07, 6.45) is 2.05. The fraction of sp³-hybridized carbons (Fsp3) is 0.312. The van der Waals surface area contributed by atoms with Crippen LogP contribution in [0, 0.1) is 0 Å². The fourth-order valence-corrected chi connectivity index (χ4v) is 2.09. The monoisotopic (exact) mass is 287 g/mol. The van der Waals surface area contributed by atoms with E-state index in [4.69, 9.17) is 4.74 Å². The van der Waals surface area contributed by atoms with Crippen LogP contribution in [-0.2, 0) is 25.7 Å². The van der Waals surface area contributed by atoms with Crippen LogP contribution >= 0.6 is 0 Å². The molecule has 1 saturated heterocycles. The molecule has 21 heavy (non-hydrogen) atoms. The molecule has 0 saturated carbocycles. The Balaban J connectivity index is 1.73. The van der Waals surface area contributed by atoms with E-state index in [-0.39, 0.29) is 37.1 Å². The first-order chi connectivity index (χ1) is 10.1. The van der Waals surface area contributed by atoms with E-state index in [1.54, 1.807) is 6.08 Å². The highest BCUT2D eigenvalue weighted by Crippen LogP contribution is 2.11. The van der Waals surface area contributed by atoms with E-state index in [0.717, 1.165) is 11.1 Å². The maximum absolute atomic E-state index is 11.6. The molecule has 1 heterocycles. The minimum absolute atomic E-state index is 0.0879. The first-order valence-corrected chi connectivity index (χ1v) is 6.77. The van der Waals surface area contributed by atoms with E-state index in [2.05, 4.69) is 11.9 Å². The van der Waals surface area contributed by atoms with Crippen LogP contribution in [0.2, 0.25) is 0 Å². The Bertz CT molecular complexity index is 562. The van der Waals surface area contributed by atoms with Crippen molar-refractivity contribution in [3.8, 4) is 0 Å². The zero-order chi connectivity index (χ0) is 15.2. The van der Waals surface area contributed by atoms with Crippen molar-refractivity contribution >= 4 is 23.7 Å². The number of ether oxygens (including phenoxy) is 1. The second kappa shape index (κ2) is 6.83. The van der Waals surface area contributed by atoms with Gasteiger partial charge in [-0.2, -0.15) is 0 Å². The zero-order valence-electron chi connectivity index (χ0n) is 11.6. The summed E-state index contributed by atoms with van der Waals surface area (Å²) in [5.41, 5.74) is 1.89. The van der Waals surface area contributed by atoms with E-state index in [1.165, 1.54) is 0 Å². The highest BCUT2D eigenvalue weighted by atomic mass is 16.5. The predicted octanol–water partition coefficient (Wildman–Crippen LogP) is 1.61. The molecule has 0 unspecified atom stereocenters. The number of amides is 1. The number of Topliss-reactive ketones (excluding diaryl/α,β-unsaturated/α-hetero) is 1. The first kappa shape index (κ1) is 15.0. The van der Waals surface area contributed by atoms with E-state index >= 15 is 0 Å². The number of nitrogens with one attached hydrogen (secondary N) is 1. The van der Waals surface area contributed by atoms with Crippen LogP contribution in [-0.4, -0.2) is 23.7 Å². The highest BCUT2D eigenvalue weighted by molar-refractivity contribution is 6.07. The maximum atomic E-state index is 11.6. The van der Waals surface area contributed by atoms with Gasteiger partial charge in [0.15, 0.2) is 5.78 Å². The Hall–Kier alpha value is -2.43. The largest absolute Gasteiger partial charge is 0.461 e. The van der Waals surface area contributed by atoms with Crippen molar-refractivity contribution in [2.45, 2.75) is 31.9 Å². The number of benzene rings is 1. The fourth-order valence-electron chi connectivity index (χ4n) is 2.09. The van der Waals surface area contributed by atoms with Gasteiger partial charge in [-0.15, -0.1) is 0 Å². The Kier molecular flexibility index (Phi) is 4.87. The second-order valence-corrected chi connectivity index (χ2v) is 4.91. The quantitative estimate of drug-likeness (QED) is 0.637. The second-order valence-electron chi connectivity index (χ2n) is 4.91. The van der Waals surface area contributed by atoms with Gasteiger partial charge in [0.25, 0.3) is 0 Å². The Morgan fingerprint density at radius 3 is 2.62 bits per heavy atom. The van der Waals surface area contributed by atoms with Gasteiger partial charge in [0, 0.05) is 6.42 Å². The molecule has 2 rings (SSSR count). The molecule has 1 aromatic rings. The van der Waals surface area contributed by atoms with Crippen LogP contribution in [0.15, 0.2) is 30.8 Å². The van der Waals surface area contributed by atoms with Gasteiger partial charge in [-0.05, 0) is 17.5 Å². The van der Waals surface area contributed by atoms with Crippen LogP contribution < -0.4 is 5.32 Å². The number of hydrogen-bond acceptors (Lipinski definition) is 4. The smallest absolute Gasteiger partial charge is 0.306 e. The van der Waals surface area contributed by atoms with E-state index in [1.807, 2.05) is 24.3 Å².